The Morgan fingerprint density at radius 1 is 1.07 bits per heavy atom. The van der Waals surface area contributed by atoms with Gasteiger partial charge in [-0.3, -0.25) is 4.90 Å². The molecule has 3 heteroatoms. The van der Waals surface area contributed by atoms with Gasteiger partial charge in [0.25, 0.3) is 0 Å². The average molecular weight is 208 g/mol. The normalized spacial score (nSPS) is 21.5. The van der Waals surface area contributed by atoms with E-state index >= 15 is 0 Å². The molecule has 0 bridgehead atoms. The lowest BCUT2D eigenvalue weighted by molar-refractivity contribution is 0.0385. The zero-order valence-electron chi connectivity index (χ0n) is 9.06. The fraction of sp³-hybridized carbons (Fsp3) is 0.500. The molecule has 0 saturated carbocycles. The van der Waals surface area contributed by atoms with Crippen LogP contribution >= 0.6 is 0 Å². The highest BCUT2D eigenvalue weighted by Crippen LogP contribution is 2.22. The fourth-order valence-corrected chi connectivity index (χ4v) is 1.87. The second kappa shape index (κ2) is 4.73. The van der Waals surface area contributed by atoms with Gasteiger partial charge in [0.15, 0.2) is 6.30 Å². The third-order valence-corrected chi connectivity index (χ3v) is 2.93. The van der Waals surface area contributed by atoms with Crippen LogP contribution in [0.1, 0.15) is 11.9 Å². The predicted octanol–water partition coefficient (Wildman–Crippen LogP) is 1.90. The second-order valence-corrected chi connectivity index (χ2v) is 4.09. The van der Waals surface area contributed by atoms with Crippen LogP contribution in [-0.2, 0) is 0 Å². The van der Waals surface area contributed by atoms with Crippen LogP contribution in [0.5, 0.6) is 0 Å². The molecular formula is C12H17FN2. The minimum atomic E-state index is -0.945. The fourth-order valence-electron chi connectivity index (χ4n) is 1.87. The van der Waals surface area contributed by atoms with Gasteiger partial charge in [0.2, 0.25) is 0 Å². The van der Waals surface area contributed by atoms with E-state index in [4.69, 9.17) is 0 Å². The summed E-state index contributed by atoms with van der Waals surface area (Å²) in [6.07, 6.45) is -0.945. The highest BCUT2D eigenvalue weighted by atomic mass is 19.1. The van der Waals surface area contributed by atoms with E-state index in [0.717, 1.165) is 31.7 Å². The maximum atomic E-state index is 14.1. The lowest BCUT2D eigenvalue weighted by atomic mass is 10.2. The van der Waals surface area contributed by atoms with Crippen LogP contribution in [0.2, 0.25) is 0 Å². The number of hydrogen-bond acceptors (Lipinski definition) is 2. The van der Waals surface area contributed by atoms with E-state index in [0.29, 0.717) is 0 Å². The van der Waals surface area contributed by atoms with Crippen molar-refractivity contribution in [2.24, 2.45) is 0 Å². The summed E-state index contributed by atoms with van der Waals surface area (Å²) in [5, 5.41) is 0. The number of rotatable bonds is 2. The number of halogens is 1. The maximum Gasteiger partial charge on any atom is 0.179 e. The number of likely N-dealkylation sites (N-methyl/N-ethyl adjacent to an activating group) is 1. The molecule has 1 aliphatic heterocycles. The smallest absolute Gasteiger partial charge is 0.179 e. The Labute approximate surface area is 90.3 Å². The summed E-state index contributed by atoms with van der Waals surface area (Å²) in [5.74, 6) is 0. The first kappa shape index (κ1) is 10.6. The van der Waals surface area contributed by atoms with Crippen molar-refractivity contribution >= 4 is 0 Å². The number of benzene rings is 1. The first-order valence-corrected chi connectivity index (χ1v) is 5.39. The van der Waals surface area contributed by atoms with E-state index in [1.807, 2.05) is 35.2 Å². The van der Waals surface area contributed by atoms with Gasteiger partial charge in [0.1, 0.15) is 0 Å². The van der Waals surface area contributed by atoms with Gasteiger partial charge in [-0.2, -0.15) is 0 Å². The number of nitrogens with zero attached hydrogens (tertiary/aromatic N) is 2. The standard InChI is InChI=1S/C12H17FN2/c1-14-7-9-15(10-8-14)12(13)11-5-3-2-4-6-11/h2-6,12H,7-10H2,1H3. The van der Waals surface area contributed by atoms with Crippen molar-refractivity contribution in [2.75, 3.05) is 33.2 Å². The van der Waals surface area contributed by atoms with E-state index in [1.54, 1.807) is 0 Å². The van der Waals surface area contributed by atoms with Gasteiger partial charge in [-0.1, -0.05) is 30.3 Å². The molecule has 1 heterocycles. The molecule has 1 unspecified atom stereocenters. The van der Waals surface area contributed by atoms with Gasteiger partial charge in [-0.25, -0.2) is 4.39 Å². The number of alkyl halides is 1. The van der Waals surface area contributed by atoms with Crippen molar-refractivity contribution in [1.82, 2.24) is 9.80 Å². The third kappa shape index (κ3) is 2.55. The third-order valence-electron chi connectivity index (χ3n) is 2.93. The topological polar surface area (TPSA) is 6.48 Å². The Morgan fingerprint density at radius 3 is 2.27 bits per heavy atom. The van der Waals surface area contributed by atoms with E-state index in [2.05, 4.69) is 11.9 Å². The predicted molar refractivity (Wildman–Crippen MR) is 59.4 cm³/mol. The molecule has 15 heavy (non-hydrogen) atoms. The summed E-state index contributed by atoms with van der Waals surface area (Å²) in [6, 6.07) is 9.39. The van der Waals surface area contributed by atoms with Gasteiger partial charge in [0.05, 0.1) is 0 Å². The van der Waals surface area contributed by atoms with E-state index in [1.165, 1.54) is 0 Å². The number of piperazine rings is 1. The van der Waals surface area contributed by atoms with Crippen LogP contribution in [0.3, 0.4) is 0 Å². The van der Waals surface area contributed by atoms with Crippen LogP contribution < -0.4 is 0 Å². The average Bonchev–Trinajstić information content (AvgIpc) is 2.30. The summed E-state index contributed by atoms with van der Waals surface area (Å²) in [4.78, 5) is 4.13. The molecule has 0 aliphatic carbocycles. The van der Waals surface area contributed by atoms with Crippen molar-refractivity contribution in [1.29, 1.82) is 0 Å². The Balaban J connectivity index is 1.99. The lowest BCUT2D eigenvalue weighted by Gasteiger charge is -2.34. The molecule has 0 radical (unpaired) electrons. The molecule has 2 nitrogen and oxygen atoms in total. The van der Waals surface area contributed by atoms with Crippen LogP contribution in [0, 0.1) is 0 Å². The summed E-state index contributed by atoms with van der Waals surface area (Å²) in [7, 11) is 2.08. The summed E-state index contributed by atoms with van der Waals surface area (Å²) in [5.41, 5.74) is 0.766. The van der Waals surface area contributed by atoms with E-state index in [9.17, 15) is 4.39 Å². The first-order chi connectivity index (χ1) is 7.27. The Bertz CT molecular complexity index is 294. The van der Waals surface area contributed by atoms with Gasteiger partial charge >= 0.3 is 0 Å². The lowest BCUT2D eigenvalue weighted by Crippen LogP contribution is -2.45. The van der Waals surface area contributed by atoms with Gasteiger partial charge < -0.3 is 4.90 Å². The Morgan fingerprint density at radius 2 is 1.67 bits per heavy atom. The molecule has 1 saturated heterocycles. The van der Waals surface area contributed by atoms with Gasteiger partial charge in [-0.05, 0) is 7.05 Å². The molecule has 0 aromatic heterocycles. The largest absolute Gasteiger partial charge is 0.304 e. The highest BCUT2D eigenvalue weighted by Gasteiger charge is 2.22. The SMILES string of the molecule is CN1CCN(C(F)c2ccccc2)CC1. The van der Waals surface area contributed by atoms with Crippen molar-refractivity contribution in [3.8, 4) is 0 Å². The molecule has 0 N–H and O–H groups in total. The molecule has 1 aromatic rings. The van der Waals surface area contributed by atoms with E-state index in [-0.39, 0.29) is 0 Å². The van der Waals surface area contributed by atoms with Crippen molar-refractivity contribution in [3.05, 3.63) is 35.9 Å². The Hall–Kier alpha value is -0.930. The quantitative estimate of drug-likeness (QED) is 0.685. The van der Waals surface area contributed by atoms with Crippen molar-refractivity contribution < 1.29 is 4.39 Å². The van der Waals surface area contributed by atoms with Crippen molar-refractivity contribution in [3.63, 3.8) is 0 Å². The second-order valence-electron chi connectivity index (χ2n) is 4.09. The highest BCUT2D eigenvalue weighted by molar-refractivity contribution is 5.17. The number of hydrogen-bond donors (Lipinski definition) is 0. The maximum absolute atomic E-state index is 14.1. The summed E-state index contributed by atoms with van der Waals surface area (Å²) < 4.78 is 14.1. The first-order valence-electron chi connectivity index (χ1n) is 5.39. The van der Waals surface area contributed by atoms with Crippen LogP contribution in [-0.4, -0.2) is 43.0 Å². The minimum absolute atomic E-state index is 0.766. The molecule has 1 fully saturated rings. The molecule has 0 amide bonds. The molecule has 2 rings (SSSR count). The zero-order chi connectivity index (χ0) is 10.7. The molecule has 1 atom stereocenters. The van der Waals surface area contributed by atoms with Gasteiger partial charge in [0, 0.05) is 31.7 Å². The summed E-state index contributed by atoms with van der Waals surface area (Å²) in [6.45, 7) is 3.53. The van der Waals surface area contributed by atoms with Crippen molar-refractivity contribution in [2.45, 2.75) is 6.30 Å². The molecule has 1 aliphatic rings. The van der Waals surface area contributed by atoms with Crippen LogP contribution in [0.25, 0.3) is 0 Å². The molecule has 1 aromatic carbocycles. The van der Waals surface area contributed by atoms with E-state index < -0.39 is 6.30 Å². The van der Waals surface area contributed by atoms with Gasteiger partial charge in [-0.15, -0.1) is 0 Å². The minimum Gasteiger partial charge on any atom is -0.304 e. The zero-order valence-corrected chi connectivity index (χ0v) is 9.06. The van der Waals surface area contributed by atoms with Crippen LogP contribution in [0.4, 0.5) is 4.39 Å². The Kier molecular flexibility index (Phi) is 3.34. The monoisotopic (exact) mass is 208 g/mol. The molecular weight excluding hydrogens is 191 g/mol. The molecule has 0 spiro atoms. The summed E-state index contributed by atoms with van der Waals surface area (Å²) >= 11 is 0. The van der Waals surface area contributed by atoms with Crippen LogP contribution in [0.15, 0.2) is 30.3 Å². The molecule has 82 valence electrons.